The van der Waals surface area contributed by atoms with Gasteiger partial charge >= 0.3 is 0 Å². The maximum absolute atomic E-state index is 13.0. The van der Waals surface area contributed by atoms with Gasteiger partial charge in [-0.2, -0.15) is 0 Å². The number of carbonyl (C=O) groups is 1. The van der Waals surface area contributed by atoms with Crippen LogP contribution in [0.15, 0.2) is 22.7 Å². The molecule has 0 aliphatic heterocycles. The van der Waals surface area contributed by atoms with Crippen molar-refractivity contribution >= 4 is 44.7 Å². The van der Waals surface area contributed by atoms with Gasteiger partial charge in [0.05, 0.1) is 15.4 Å². The smallest absolute Gasteiger partial charge is 0.234 e. The Morgan fingerprint density at radius 1 is 1.65 bits per heavy atom. The lowest BCUT2D eigenvalue weighted by atomic mass is 10.1. The number of nitrogens with two attached hydrogens (primary N) is 1. The first-order chi connectivity index (χ1) is 7.95. The summed E-state index contributed by atoms with van der Waals surface area (Å²) in [4.78, 5) is 12.0. The van der Waals surface area contributed by atoms with E-state index in [0.717, 1.165) is 0 Å². The predicted molar refractivity (Wildman–Crippen MR) is 73.3 cm³/mol. The van der Waals surface area contributed by atoms with Gasteiger partial charge in [0.15, 0.2) is 0 Å². The SMILES string of the molecule is CCC(C(=O)Nc1ccc(F)c(Br)c1)C(N)=S. The number of carbonyl (C=O) groups excluding carboxylic acids is 1. The molecule has 0 saturated heterocycles. The predicted octanol–water partition coefficient (Wildman–Crippen LogP) is 2.84. The van der Waals surface area contributed by atoms with Crippen molar-refractivity contribution in [1.29, 1.82) is 0 Å². The van der Waals surface area contributed by atoms with E-state index >= 15 is 0 Å². The lowest BCUT2D eigenvalue weighted by molar-refractivity contribution is -0.118. The summed E-state index contributed by atoms with van der Waals surface area (Å²) < 4.78 is 13.3. The highest BCUT2D eigenvalue weighted by atomic mass is 79.9. The Morgan fingerprint density at radius 3 is 2.76 bits per heavy atom. The fourth-order valence-corrected chi connectivity index (χ4v) is 1.97. The van der Waals surface area contributed by atoms with Gasteiger partial charge < -0.3 is 11.1 Å². The third kappa shape index (κ3) is 3.74. The van der Waals surface area contributed by atoms with Crippen molar-refractivity contribution in [2.45, 2.75) is 13.3 Å². The summed E-state index contributed by atoms with van der Waals surface area (Å²) in [5.74, 6) is -1.17. The summed E-state index contributed by atoms with van der Waals surface area (Å²) in [5.41, 5.74) is 5.96. The molecular formula is C11H12BrFN2OS. The Balaban J connectivity index is 2.80. The lowest BCUT2D eigenvalue weighted by Crippen LogP contribution is -2.32. The van der Waals surface area contributed by atoms with Gasteiger partial charge in [-0.05, 0) is 40.5 Å². The number of rotatable bonds is 4. The standard InChI is InChI=1S/C11H12BrFN2OS/c1-2-7(10(14)17)11(16)15-6-3-4-9(13)8(12)5-6/h3-5,7H,2H2,1H3,(H2,14,17)(H,15,16). The summed E-state index contributed by atoms with van der Waals surface area (Å²) in [6, 6.07) is 4.23. The van der Waals surface area contributed by atoms with Gasteiger partial charge in [-0.15, -0.1) is 0 Å². The highest BCUT2D eigenvalue weighted by molar-refractivity contribution is 9.10. The number of benzene rings is 1. The molecule has 0 aromatic heterocycles. The van der Waals surface area contributed by atoms with Crippen molar-refractivity contribution in [2.75, 3.05) is 5.32 Å². The molecule has 0 spiro atoms. The molecule has 0 saturated carbocycles. The number of hydrogen-bond donors (Lipinski definition) is 2. The number of amides is 1. The van der Waals surface area contributed by atoms with Gasteiger partial charge in [0.2, 0.25) is 5.91 Å². The topological polar surface area (TPSA) is 55.1 Å². The van der Waals surface area contributed by atoms with Crippen molar-refractivity contribution in [2.24, 2.45) is 11.7 Å². The van der Waals surface area contributed by atoms with Crippen LogP contribution in [-0.2, 0) is 4.79 Å². The molecule has 3 N–H and O–H groups in total. The molecule has 92 valence electrons. The van der Waals surface area contributed by atoms with Gasteiger partial charge in [-0.25, -0.2) is 4.39 Å². The van der Waals surface area contributed by atoms with Crippen molar-refractivity contribution in [3.05, 3.63) is 28.5 Å². The molecule has 1 aromatic carbocycles. The Bertz CT molecular complexity index is 453. The van der Waals surface area contributed by atoms with Crippen LogP contribution in [0.4, 0.5) is 10.1 Å². The molecule has 1 rings (SSSR count). The first-order valence-corrected chi connectivity index (χ1v) is 6.21. The van der Waals surface area contributed by atoms with Crippen molar-refractivity contribution in [1.82, 2.24) is 0 Å². The zero-order valence-electron chi connectivity index (χ0n) is 9.17. The van der Waals surface area contributed by atoms with Crippen LogP contribution < -0.4 is 11.1 Å². The number of hydrogen-bond acceptors (Lipinski definition) is 2. The molecule has 17 heavy (non-hydrogen) atoms. The summed E-state index contributed by atoms with van der Waals surface area (Å²) in [5, 5.41) is 2.64. The summed E-state index contributed by atoms with van der Waals surface area (Å²) >= 11 is 7.85. The summed E-state index contributed by atoms with van der Waals surface area (Å²) in [6.45, 7) is 1.82. The largest absolute Gasteiger partial charge is 0.393 e. The van der Waals surface area contributed by atoms with E-state index in [-0.39, 0.29) is 16.7 Å². The fraction of sp³-hybridized carbons (Fsp3) is 0.273. The normalized spacial score (nSPS) is 11.9. The molecule has 6 heteroatoms. The Hall–Kier alpha value is -1.01. The molecular weight excluding hydrogens is 307 g/mol. The maximum atomic E-state index is 13.0. The van der Waals surface area contributed by atoms with E-state index in [0.29, 0.717) is 16.6 Å². The third-order valence-corrected chi connectivity index (χ3v) is 3.15. The van der Waals surface area contributed by atoms with Crippen LogP contribution >= 0.6 is 28.1 Å². The number of nitrogens with one attached hydrogen (secondary N) is 1. The molecule has 3 nitrogen and oxygen atoms in total. The molecule has 1 atom stereocenters. The summed E-state index contributed by atoms with van der Waals surface area (Å²) in [6.07, 6.45) is 0.531. The molecule has 1 aromatic rings. The van der Waals surface area contributed by atoms with Crippen LogP contribution in [0.1, 0.15) is 13.3 Å². The fourth-order valence-electron chi connectivity index (χ4n) is 1.32. The van der Waals surface area contributed by atoms with E-state index < -0.39 is 5.92 Å². The monoisotopic (exact) mass is 318 g/mol. The second kappa shape index (κ2) is 6.07. The minimum Gasteiger partial charge on any atom is -0.393 e. The third-order valence-electron chi connectivity index (χ3n) is 2.26. The van der Waals surface area contributed by atoms with Gasteiger partial charge in [-0.1, -0.05) is 19.1 Å². The van der Waals surface area contributed by atoms with Crippen LogP contribution in [0, 0.1) is 11.7 Å². The highest BCUT2D eigenvalue weighted by Gasteiger charge is 2.19. The van der Waals surface area contributed by atoms with Crippen LogP contribution in [0.25, 0.3) is 0 Å². The minimum absolute atomic E-state index is 0.158. The van der Waals surface area contributed by atoms with Crippen LogP contribution in [0.2, 0.25) is 0 Å². The second-order valence-electron chi connectivity index (χ2n) is 3.48. The van der Waals surface area contributed by atoms with E-state index in [1.807, 2.05) is 6.92 Å². The van der Waals surface area contributed by atoms with Crippen LogP contribution in [0.3, 0.4) is 0 Å². The number of halogens is 2. The highest BCUT2D eigenvalue weighted by Crippen LogP contribution is 2.20. The van der Waals surface area contributed by atoms with E-state index in [1.54, 1.807) is 0 Å². The van der Waals surface area contributed by atoms with E-state index in [4.69, 9.17) is 18.0 Å². The zero-order chi connectivity index (χ0) is 13.0. The van der Waals surface area contributed by atoms with Crippen molar-refractivity contribution in [3.63, 3.8) is 0 Å². The van der Waals surface area contributed by atoms with Gasteiger partial charge in [-0.3, -0.25) is 4.79 Å². The van der Waals surface area contributed by atoms with Crippen molar-refractivity contribution in [3.8, 4) is 0 Å². The quantitative estimate of drug-likeness (QED) is 0.839. The van der Waals surface area contributed by atoms with E-state index in [2.05, 4.69) is 21.2 Å². The second-order valence-corrected chi connectivity index (χ2v) is 4.81. The Kier molecular flexibility index (Phi) is 5.02. The average molecular weight is 319 g/mol. The summed E-state index contributed by atoms with van der Waals surface area (Å²) in [7, 11) is 0. The molecule has 0 fully saturated rings. The molecule has 1 unspecified atom stereocenters. The molecule has 1 amide bonds. The minimum atomic E-state index is -0.506. The van der Waals surface area contributed by atoms with Gasteiger partial charge in [0, 0.05) is 5.69 Å². The Morgan fingerprint density at radius 2 is 2.29 bits per heavy atom. The van der Waals surface area contributed by atoms with Crippen LogP contribution in [-0.4, -0.2) is 10.9 Å². The van der Waals surface area contributed by atoms with Crippen molar-refractivity contribution < 1.29 is 9.18 Å². The van der Waals surface area contributed by atoms with E-state index in [1.165, 1.54) is 18.2 Å². The van der Waals surface area contributed by atoms with E-state index in [9.17, 15) is 9.18 Å². The first-order valence-electron chi connectivity index (χ1n) is 5.01. The number of anilines is 1. The van der Waals surface area contributed by atoms with Crippen LogP contribution in [0.5, 0.6) is 0 Å². The van der Waals surface area contributed by atoms with Gasteiger partial charge in [0.25, 0.3) is 0 Å². The lowest BCUT2D eigenvalue weighted by Gasteiger charge is -2.13. The van der Waals surface area contributed by atoms with Gasteiger partial charge in [0.1, 0.15) is 5.82 Å². The molecule has 0 bridgehead atoms. The molecule has 0 heterocycles. The number of thiocarbonyl (C=S) groups is 1. The average Bonchev–Trinajstić information content (AvgIpc) is 2.24. The first kappa shape index (κ1) is 14.1. The molecule has 0 aliphatic carbocycles. The molecule has 0 radical (unpaired) electrons. The zero-order valence-corrected chi connectivity index (χ0v) is 11.6. The molecule has 0 aliphatic rings. The maximum Gasteiger partial charge on any atom is 0.234 e. The Labute approximate surface area is 113 Å².